The Hall–Kier alpha value is -0.240. The average molecular weight is 318 g/mol. The lowest BCUT2D eigenvalue weighted by Gasteiger charge is -2.55. The van der Waals surface area contributed by atoms with Gasteiger partial charge < -0.3 is 30.3 Å². The standard InChI is InChI=1S/C16H30O6/c1-2-3-9-15(20)13(18)14(19)16(21,12(10-17)22-15)11-7-5-4-6-8-11/h11-14,17-21H,2-10H2,1H3/t12-,13-,14-,15-,16-/m1/s1. The van der Waals surface area contributed by atoms with Crippen LogP contribution < -0.4 is 0 Å². The van der Waals surface area contributed by atoms with Crippen molar-refractivity contribution in [3.8, 4) is 0 Å². The van der Waals surface area contributed by atoms with Crippen LogP contribution in [0.1, 0.15) is 58.3 Å². The molecule has 0 amide bonds. The van der Waals surface area contributed by atoms with Gasteiger partial charge in [-0.2, -0.15) is 0 Å². The molecule has 0 aromatic rings. The van der Waals surface area contributed by atoms with Crippen LogP contribution in [0.3, 0.4) is 0 Å². The van der Waals surface area contributed by atoms with E-state index < -0.39 is 36.3 Å². The second-order valence-corrected chi connectivity index (χ2v) is 6.85. The first-order valence-corrected chi connectivity index (χ1v) is 8.49. The van der Waals surface area contributed by atoms with E-state index in [9.17, 15) is 25.5 Å². The molecule has 5 N–H and O–H groups in total. The third kappa shape index (κ3) is 3.05. The van der Waals surface area contributed by atoms with E-state index >= 15 is 0 Å². The molecule has 0 spiro atoms. The molecule has 6 heteroatoms. The van der Waals surface area contributed by atoms with Crippen molar-refractivity contribution in [3.63, 3.8) is 0 Å². The predicted octanol–water partition coefficient (Wildman–Crippen LogP) is 0.289. The maximum absolute atomic E-state index is 11.0. The van der Waals surface area contributed by atoms with Gasteiger partial charge in [0, 0.05) is 6.42 Å². The number of rotatable bonds is 5. The summed E-state index contributed by atoms with van der Waals surface area (Å²) in [6.45, 7) is 1.43. The van der Waals surface area contributed by atoms with Crippen LogP contribution in [0.15, 0.2) is 0 Å². The van der Waals surface area contributed by atoms with E-state index in [2.05, 4.69) is 0 Å². The van der Waals surface area contributed by atoms with Crippen molar-refractivity contribution >= 4 is 0 Å². The van der Waals surface area contributed by atoms with E-state index in [1.807, 2.05) is 6.92 Å². The second-order valence-electron chi connectivity index (χ2n) is 6.85. The summed E-state index contributed by atoms with van der Waals surface area (Å²) >= 11 is 0. The molecular formula is C16H30O6. The summed E-state index contributed by atoms with van der Waals surface area (Å²) in [5, 5.41) is 52.1. The van der Waals surface area contributed by atoms with E-state index in [0.717, 1.165) is 25.7 Å². The van der Waals surface area contributed by atoms with Gasteiger partial charge >= 0.3 is 0 Å². The fourth-order valence-corrected chi connectivity index (χ4v) is 3.99. The van der Waals surface area contributed by atoms with E-state index in [1.54, 1.807) is 0 Å². The highest BCUT2D eigenvalue weighted by Gasteiger charge is 2.62. The summed E-state index contributed by atoms with van der Waals surface area (Å²) in [5.41, 5.74) is -1.73. The normalized spacial score (nSPS) is 44.2. The molecule has 0 aromatic heterocycles. The lowest BCUT2D eigenvalue weighted by molar-refractivity contribution is -0.385. The zero-order valence-corrected chi connectivity index (χ0v) is 13.3. The van der Waals surface area contributed by atoms with Crippen LogP contribution in [0.25, 0.3) is 0 Å². The van der Waals surface area contributed by atoms with Gasteiger partial charge in [-0.1, -0.05) is 32.6 Å². The monoisotopic (exact) mass is 318 g/mol. The van der Waals surface area contributed by atoms with E-state index in [4.69, 9.17) is 4.74 Å². The van der Waals surface area contributed by atoms with Crippen molar-refractivity contribution in [2.24, 2.45) is 5.92 Å². The van der Waals surface area contributed by atoms with Crippen LogP contribution in [0, 0.1) is 5.92 Å². The van der Waals surface area contributed by atoms with Gasteiger partial charge in [0.2, 0.25) is 0 Å². The Bertz CT molecular complexity index is 355. The first kappa shape index (κ1) is 18.1. The van der Waals surface area contributed by atoms with Gasteiger partial charge in [-0.05, 0) is 25.2 Å². The molecule has 6 nitrogen and oxygen atoms in total. The number of aliphatic hydroxyl groups is 5. The van der Waals surface area contributed by atoms with E-state index in [-0.39, 0.29) is 12.3 Å². The largest absolute Gasteiger partial charge is 0.394 e. The molecule has 1 saturated heterocycles. The number of hydrogen-bond donors (Lipinski definition) is 5. The topological polar surface area (TPSA) is 110 Å². The van der Waals surface area contributed by atoms with Crippen molar-refractivity contribution < 1.29 is 30.3 Å². The highest BCUT2D eigenvalue weighted by atomic mass is 16.7. The van der Waals surface area contributed by atoms with Gasteiger partial charge in [0.1, 0.15) is 23.9 Å². The first-order chi connectivity index (χ1) is 10.4. The lowest BCUT2D eigenvalue weighted by Crippen LogP contribution is -2.73. The van der Waals surface area contributed by atoms with Gasteiger partial charge in [-0.3, -0.25) is 0 Å². The van der Waals surface area contributed by atoms with Gasteiger partial charge in [-0.15, -0.1) is 0 Å². The van der Waals surface area contributed by atoms with Crippen LogP contribution in [0.4, 0.5) is 0 Å². The van der Waals surface area contributed by atoms with Gasteiger partial charge in [0.05, 0.1) is 6.61 Å². The molecule has 0 radical (unpaired) electrons. The third-order valence-electron chi connectivity index (χ3n) is 5.41. The molecule has 0 unspecified atom stereocenters. The fraction of sp³-hybridized carbons (Fsp3) is 1.00. The zero-order chi connectivity index (χ0) is 16.4. The second kappa shape index (κ2) is 7.11. The Kier molecular flexibility index (Phi) is 5.85. The Labute approximate surface area is 131 Å². The highest BCUT2D eigenvalue weighted by Crippen LogP contribution is 2.45. The van der Waals surface area contributed by atoms with Crippen molar-refractivity contribution in [1.82, 2.24) is 0 Å². The van der Waals surface area contributed by atoms with Crippen molar-refractivity contribution in [3.05, 3.63) is 0 Å². The number of hydrogen-bond acceptors (Lipinski definition) is 6. The molecule has 22 heavy (non-hydrogen) atoms. The van der Waals surface area contributed by atoms with Crippen LogP contribution in [0.5, 0.6) is 0 Å². The first-order valence-electron chi connectivity index (χ1n) is 8.49. The number of unbranched alkanes of at least 4 members (excludes halogenated alkanes) is 1. The Morgan fingerprint density at radius 1 is 1.05 bits per heavy atom. The highest BCUT2D eigenvalue weighted by molar-refractivity contribution is 5.09. The smallest absolute Gasteiger partial charge is 0.195 e. The molecule has 2 aliphatic rings. The predicted molar refractivity (Wildman–Crippen MR) is 80.0 cm³/mol. The fourth-order valence-electron chi connectivity index (χ4n) is 3.99. The average Bonchev–Trinajstić information content (AvgIpc) is 2.55. The van der Waals surface area contributed by atoms with Crippen molar-refractivity contribution in [2.75, 3.05) is 6.61 Å². The van der Waals surface area contributed by atoms with Gasteiger partial charge in [0.15, 0.2) is 5.79 Å². The number of aliphatic hydroxyl groups excluding tert-OH is 3. The molecule has 0 bridgehead atoms. The van der Waals surface area contributed by atoms with Crippen LogP contribution in [-0.4, -0.2) is 61.8 Å². The minimum absolute atomic E-state index is 0.152. The quantitative estimate of drug-likeness (QED) is 0.498. The maximum Gasteiger partial charge on any atom is 0.195 e. The molecule has 2 rings (SSSR count). The minimum atomic E-state index is -1.93. The summed E-state index contributed by atoms with van der Waals surface area (Å²) in [6, 6.07) is 0. The van der Waals surface area contributed by atoms with Gasteiger partial charge in [-0.25, -0.2) is 0 Å². The summed E-state index contributed by atoms with van der Waals surface area (Å²) < 4.78 is 5.52. The molecule has 0 aromatic carbocycles. The van der Waals surface area contributed by atoms with Crippen LogP contribution >= 0.6 is 0 Å². The minimum Gasteiger partial charge on any atom is -0.394 e. The summed E-state index contributed by atoms with van der Waals surface area (Å²) in [6.07, 6.45) is 1.72. The summed E-state index contributed by atoms with van der Waals surface area (Å²) in [5.74, 6) is -2.18. The Morgan fingerprint density at radius 2 is 1.68 bits per heavy atom. The molecular weight excluding hydrogens is 288 g/mol. The number of ether oxygens (including phenoxy) is 1. The van der Waals surface area contributed by atoms with Crippen molar-refractivity contribution in [2.45, 2.75) is 88.0 Å². The molecule has 5 atom stereocenters. The Morgan fingerprint density at radius 3 is 2.23 bits per heavy atom. The van der Waals surface area contributed by atoms with E-state index in [0.29, 0.717) is 19.3 Å². The SMILES string of the molecule is CCCC[C@@]1(O)O[C@H](CO)[C@](O)(C2CCCCC2)[C@H](O)[C@H]1O. The molecule has 2 fully saturated rings. The van der Waals surface area contributed by atoms with Crippen LogP contribution in [0.2, 0.25) is 0 Å². The molecule has 1 aliphatic carbocycles. The zero-order valence-electron chi connectivity index (χ0n) is 13.3. The molecule has 1 aliphatic heterocycles. The maximum atomic E-state index is 11.0. The van der Waals surface area contributed by atoms with Gasteiger partial charge in [0.25, 0.3) is 0 Å². The van der Waals surface area contributed by atoms with Crippen molar-refractivity contribution in [1.29, 1.82) is 0 Å². The Balaban J connectivity index is 2.24. The third-order valence-corrected chi connectivity index (χ3v) is 5.41. The molecule has 130 valence electrons. The van der Waals surface area contributed by atoms with E-state index in [1.165, 1.54) is 0 Å². The lowest BCUT2D eigenvalue weighted by atomic mass is 9.67. The summed E-state index contributed by atoms with van der Waals surface area (Å²) in [4.78, 5) is 0. The molecule has 1 heterocycles. The summed E-state index contributed by atoms with van der Waals surface area (Å²) in [7, 11) is 0. The molecule has 1 saturated carbocycles. The van der Waals surface area contributed by atoms with Crippen LogP contribution in [-0.2, 0) is 4.74 Å².